The summed E-state index contributed by atoms with van der Waals surface area (Å²) < 4.78 is 26.2. The highest BCUT2D eigenvalue weighted by atomic mass is 32.2. The Balaban J connectivity index is 1.68. The van der Waals surface area contributed by atoms with Crippen LogP contribution in [0.1, 0.15) is 30.4 Å². The van der Waals surface area contributed by atoms with Crippen LogP contribution in [0.2, 0.25) is 0 Å². The highest BCUT2D eigenvalue weighted by Gasteiger charge is 2.38. The third-order valence-electron chi connectivity index (χ3n) is 4.06. The zero-order valence-electron chi connectivity index (χ0n) is 10.8. The molecule has 3 rings (SSSR count). The molecule has 0 radical (unpaired) electrons. The topological polar surface area (TPSA) is 66.4 Å². The molecule has 0 amide bonds. The number of aliphatic hydroxyl groups is 1. The van der Waals surface area contributed by atoms with E-state index < -0.39 is 15.6 Å². The fourth-order valence-corrected chi connectivity index (χ4v) is 4.13. The second-order valence-corrected chi connectivity index (χ2v) is 7.78. The highest BCUT2D eigenvalue weighted by Crippen LogP contribution is 2.30. The molecule has 19 heavy (non-hydrogen) atoms. The minimum absolute atomic E-state index is 0.125. The van der Waals surface area contributed by atoms with Crippen LogP contribution in [-0.4, -0.2) is 30.9 Å². The van der Waals surface area contributed by atoms with E-state index in [1.54, 1.807) is 0 Å². The number of fused-ring (bicyclic) bond motifs is 1. The second-order valence-electron chi connectivity index (χ2n) is 5.74. The first-order valence-corrected chi connectivity index (χ1v) is 8.31. The Morgan fingerprint density at radius 3 is 2.63 bits per heavy atom. The van der Waals surface area contributed by atoms with Crippen LogP contribution in [0.3, 0.4) is 0 Å². The van der Waals surface area contributed by atoms with Gasteiger partial charge in [-0.25, -0.2) is 13.1 Å². The van der Waals surface area contributed by atoms with Crippen LogP contribution in [0.25, 0.3) is 0 Å². The predicted octanol–water partition coefficient (Wildman–Crippen LogP) is 0.988. The number of sulfonamides is 1. The first-order chi connectivity index (χ1) is 8.99. The summed E-state index contributed by atoms with van der Waals surface area (Å²) in [5.74, 6) is 0. The van der Waals surface area contributed by atoms with E-state index in [0.717, 1.165) is 24.8 Å². The molecule has 0 heterocycles. The average molecular weight is 281 g/mol. The van der Waals surface area contributed by atoms with Gasteiger partial charge < -0.3 is 5.11 Å². The van der Waals surface area contributed by atoms with Crippen molar-refractivity contribution < 1.29 is 13.5 Å². The molecule has 0 aromatic heterocycles. The van der Waals surface area contributed by atoms with Crippen LogP contribution in [-0.2, 0) is 22.9 Å². The molecular formula is C14H19NO3S. The summed E-state index contributed by atoms with van der Waals surface area (Å²) in [6.45, 7) is 0.125. The van der Waals surface area contributed by atoms with E-state index in [4.69, 9.17) is 0 Å². The molecule has 0 saturated heterocycles. The number of aryl methyl sites for hydroxylation is 1. The van der Waals surface area contributed by atoms with Crippen molar-refractivity contribution in [2.75, 3.05) is 6.54 Å². The van der Waals surface area contributed by atoms with Gasteiger partial charge in [0.05, 0.1) is 10.9 Å². The molecule has 104 valence electrons. The minimum atomic E-state index is -3.21. The lowest BCUT2D eigenvalue weighted by Crippen LogP contribution is -2.47. The summed E-state index contributed by atoms with van der Waals surface area (Å²) in [4.78, 5) is 0. The van der Waals surface area contributed by atoms with E-state index in [1.807, 2.05) is 18.2 Å². The molecule has 0 aliphatic heterocycles. The van der Waals surface area contributed by atoms with Crippen LogP contribution < -0.4 is 4.72 Å². The Hall–Kier alpha value is -0.910. The molecule has 2 N–H and O–H groups in total. The van der Waals surface area contributed by atoms with E-state index in [-0.39, 0.29) is 11.8 Å². The summed E-state index contributed by atoms with van der Waals surface area (Å²) in [6.07, 6.45) is 3.43. The molecule has 5 heteroatoms. The lowest BCUT2D eigenvalue weighted by Gasteiger charge is -2.33. The van der Waals surface area contributed by atoms with E-state index >= 15 is 0 Å². The van der Waals surface area contributed by atoms with Gasteiger partial charge in [0, 0.05) is 13.0 Å². The Morgan fingerprint density at radius 2 is 1.95 bits per heavy atom. The van der Waals surface area contributed by atoms with Crippen molar-refractivity contribution in [1.29, 1.82) is 0 Å². The Kier molecular flexibility index (Phi) is 3.15. The Labute approximate surface area is 113 Å². The number of hydrogen-bond donors (Lipinski definition) is 2. The third-order valence-corrected chi connectivity index (χ3v) is 5.96. The molecule has 4 nitrogen and oxygen atoms in total. The summed E-state index contributed by atoms with van der Waals surface area (Å²) in [5.41, 5.74) is 1.44. The van der Waals surface area contributed by atoms with Gasteiger partial charge in [-0.15, -0.1) is 0 Å². The average Bonchev–Trinajstić information content (AvgIpc) is 3.21. The summed E-state index contributed by atoms with van der Waals surface area (Å²) >= 11 is 0. The fourth-order valence-electron chi connectivity index (χ4n) is 2.67. The van der Waals surface area contributed by atoms with Gasteiger partial charge in [0.15, 0.2) is 0 Å². The molecular weight excluding hydrogens is 262 g/mol. The molecule has 0 bridgehead atoms. The van der Waals surface area contributed by atoms with Crippen molar-refractivity contribution in [3.63, 3.8) is 0 Å². The van der Waals surface area contributed by atoms with Gasteiger partial charge in [-0.05, 0) is 36.8 Å². The van der Waals surface area contributed by atoms with E-state index in [0.29, 0.717) is 12.8 Å². The number of nitrogens with one attached hydrogen (secondary N) is 1. The normalized spacial score (nSPS) is 27.0. The van der Waals surface area contributed by atoms with Crippen molar-refractivity contribution in [3.8, 4) is 0 Å². The van der Waals surface area contributed by atoms with Crippen LogP contribution in [0.15, 0.2) is 24.3 Å². The lowest BCUT2D eigenvalue weighted by molar-refractivity contribution is 0.0317. The number of benzene rings is 1. The number of rotatable bonds is 4. The van der Waals surface area contributed by atoms with E-state index in [2.05, 4.69) is 10.8 Å². The van der Waals surface area contributed by atoms with Crippen molar-refractivity contribution in [2.45, 2.75) is 43.0 Å². The zero-order valence-corrected chi connectivity index (χ0v) is 11.6. The molecule has 1 fully saturated rings. The van der Waals surface area contributed by atoms with Crippen molar-refractivity contribution >= 4 is 10.0 Å². The summed E-state index contributed by atoms with van der Waals surface area (Å²) in [7, 11) is -3.21. The Bertz CT molecular complexity index is 580. The smallest absolute Gasteiger partial charge is 0.214 e. The molecule has 1 saturated carbocycles. The lowest BCUT2D eigenvalue weighted by atomic mass is 9.80. The van der Waals surface area contributed by atoms with E-state index in [1.165, 1.54) is 5.56 Å². The van der Waals surface area contributed by atoms with Gasteiger partial charge in [-0.2, -0.15) is 0 Å². The van der Waals surface area contributed by atoms with Crippen LogP contribution in [0.4, 0.5) is 0 Å². The molecule has 2 aliphatic rings. The van der Waals surface area contributed by atoms with Gasteiger partial charge >= 0.3 is 0 Å². The molecule has 2 aliphatic carbocycles. The predicted molar refractivity (Wildman–Crippen MR) is 73.4 cm³/mol. The second kappa shape index (κ2) is 4.58. The fraction of sp³-hybridized carbons (Fsp3) is 0.571. The largest absolute Gasteiger partial charge is 0.388 e. The minimum Gasteiger partial charge on any atom is -0.388 e. The maximum absolute atomic E-state index is 11.8. The summed E-state index contributed by atoms with van der Waals surface area (Å²) in [6, 6.07) is 8.04. The van der Waals surface area contributed by atoms with Crippen LogP contribution in [0, 0.1) is 0 Å². The molecule has 1 aromatic carbocycles. The third kappa shape index (κ3) is 2.83. The standard InChI is InChI=1S/C14H19NO3S/c16-14(10-15-19(17,18)13-5-6-13)8-7-11-3-1-2-4-12(11)9-14/h1-4,13,15-16H,5-10H2/t14-/m1/s1. The van der Waals surface area contributed by atoms with Gasteiger partial charge in [0.1, 0.15) is 0 Å². The molecule has 1 aromatic rings. The first-order valence-electron chi connectivity index (χ1n) is 6.76. The zero-order chi connectivity index (χ0) is 13.5. The van der Waals surface area contributed by atoms with E-state index in [9.17, 15) is 13.5 Å². The monoisotopic (exact) mass is 281 g/mol. The van der Waals surface area contributed by atoms with Gasteiger partial charge in [-0.1, -0.05) is 24.3 Å². The molecule has 0 spiro atoms. The summed E-state index contributed by atoms with van der Waals surface area (Å²) in [5, 5.41) is 10.3. The quantitative estimate of drug-likeness (QED) is 0.865. The maximum atomic E-state index is 11.8. The molecule has 0 unspecified atom stereocenters. The molecule has 1 atom stereocenters. The Morgan fingerprint density at radius 1 is 1.26 bits per heavy atom. The van der Waals surface area contributed by atoms with Crippen molar-refractivity contribution in [2.24, 2.45) is 0 Å². The van der Waals surface area contributed by atoms with Crippen LogP contribution in [0.5, 0.6) is 0 Å². The number of hydrogen-bond acceptors (Lipinski definition) is 3. The maximum Gasteiger partial charge on any atom is 0.214 e. The van der Waals surface area contributed by atoms with Crippen LogP contribution >= 0.6 is 0 Å². The van der Waals surface area contributed by atoms with Gasteiger partial charge in [0.25, 0.3) is 0 Å². The van der Waals surface area contributed by atoms with Gasteiger partial charge in [0.2, 0.25) is 10.0 Å². The first kappa shape index (κ1) is 13.1. The van der Waals surface area contributed by atoms with Gasteiger partial charge in [-0.3, -0.25) is 0 Å². The van der Waals surface area contributed by atoms with Crippen molar-refractivity contribution in [3.05, 3.63) is 35.4 Å². The highest BCUT2D eigenvalue weighted by molar-refractivity contribution is 7.90. The SMILES string of the molecule is O=S(=O)(NC[C@@]1(O)CCc2ccccc2C1)C1CC1. The van der Waals surface area contributed by atoms with Crippen molar-refractivity contribution in [1.82, 2.24) is 4.72 Å².